The molecule has 3 aliphatic heterocycles. The van der Waals surface area contributed by atoms with Crippen molar-refractivity contribution < 1.29 is 63.2 Å². The lowest BCUT2D eigenvalue weighted by Crippen LogP contribution is -2.61. The Morgan fingerprint density at radius 3 is 1.98 bits per heavy atom. The summed E-state index contributed by atoms with van der Waals surface area (Å²) in [5, 5.41) is 45.6. The fourth-order valence-corrected chi connectivity index (χ4v) is 8.58. The van der Waals surface area contributed by atoms with Crippen LogP contribution in [0.2, 0.25) is 0 Å². The van der Waals surface area contributed by atoms with Crippen molar-refractivity contribution >= 4 is 11.8 Å². The summed E-state index contributed by atoms with van der Waals surface area (Å²) in [5.41, 5.74) is -4.24. The maximum Gasteiger partial charge on any atom is 0.311 e. The Labute approximate surface area is 310 Å². The number of ether oxygens (including phenoxy) is 7. The first-order valence-corrected chi connectivity index (χ1v) is 18.9. The quantitative estimate of drug-likeness (QED) is 0.266. The number of likely N-dealkylation sites (N-methyl/N-ethyl adjacent to an activating group) is 1. The Kier molecular flexibility index (Phi) is 15.3. The van der Waals surface area contributed by atoms with Crippen LogP contribution >= 0.6 is 0 Å². The van der Waals surface area contributed by atoms with Crippen LogP contribution in [0.5, 0.6) is 0 Å². The number of esters is 1. The topological polar surface area (TPSA) is 183 Å². The Bertz CT molecular complexity index is 1190. The lowest BCUT2D eigenvalue weighted by atomic mass is 9.74. The van der Waals surface area contributed by atoms with Crippen molar-refractivity contribution in [1.29, 1.82) is 0 Å². The Balaban J connectivity index is 2.22. The summed E-state index contributed by atoms with van der Waals surface area (Å²) in [6.45, 7) is 17.1. The molecule has 0 aliphatic carbocycles. The molecular formula is C38H69NO13. The normalized spacial score (nSPS) is 49.0. The van der Waals surface area contributed by atoms with Gasteiger partial charge in [0.1, 0.15) is 29.7 Å². The number of methoxy groups -OCH3 is 2. The molecule has 0 amide bonds. The van der Waals surface area contributed by atoms with Crippen LogP contribution in [-0.2, 0) is 42.7 Å². The number of ketones is 1. The third kappa shape index (κ3) is 9.38. The first-order valence-electron chi connectivity index (χ1n) is 18.9. The highest BCUT2D eigenvalue weighted by atomic mass is 16.7. The van der Waals surface area contributed by atoms with Gasteiger partial charge in [0.05, 0.1) is 47.6 Å². The summed E-state index contributed by atoms with van der Waals surface area (Å²) in [4.78, 5) is 30.1. The van der Waals surface area contributed by atoms with Gasteiger partial charge in [0.2, 0.25) is 0 Å². The van der Waals surface area contributed by atoms with Gasteiger partial charge < -0.3 is 58.5 Å². The number of hydrogen-bond donors (Lipinski definition) is 4. The van der Waals surface area contributed by atoms with Crippen molar-refractivity contribution in [3.63, 3.8) is 0 Å². The van der Waals surface area contributed by atoms with Crippen LogP contribution in [-0.4, -0.2) is 150 Å². The van der Waals surface area contributed by atoms with Crippen LogP contribution in [0.15, 0.2) is 0 Å². The van der Waals surface area contributed by atoms with Gasteiger partial charge in [-0.15, -0.1) is 0 Å². The smallest absolute Gasteiger partial charge is 0.311 e. The van der Waals surface area contributed by atoms with Crippen molar-refractivity contribution in [1.82, 2.24) is 4.90 Å². The van der Waals surface area contributed by atoms with Crippen LogP contribution in [0.1, 0.15) is 94.9 Å². The molecule has 3 saturated heterocycles. The molecular weight excluding hydrogens is 678 g/mol. The minimum Gasteiger partial charge on any atom is -0.459 e. The molecule has 3 fully saturated rings. The van der Waals surface area contributed by atoms with Gasteiger partial charge in [0.25, 0.3) is 0 Å². The third-order valence-corrected chi connectivity index (χ3v) is 12.3. The molecule has 18 atom stereocenters. The van der Waals surface area contributed by atoms with E-state index in [0.717, 1.165) is 0 Å². The highest BCUT2D eigenvalue weighted by Crippen LogP contribution is 2.41. The Morgan fingerprint density at radius 1 is 0.846 bits per heavy atom. The van der Waals surface area contributed by atoms with Crippen molar-refractivity contribution in [3.05, 3.63) is 0 Å². The maximum absolute atomic E-state index is 14.2. The predicted molar refractivity (Wildman–Crippen MR) is 191 cm³/mol. The molecule has 0 spiro atoms. The molecule has 8 unspecified atom stereocenters. The molecule has 0 aromatic carbocycles. The number of carbonyl (C=O) groups is 2. The van der Waals surface area contributed by atoms with E-state index in [1.54, 1.807) is 48.5 Å². The van der Waals surface area contributed by atoms with Crippen LogP contribution in [0, 0.1) is 23.7 Å². The molecule has 304 valence electrons. The molecule has 3 heterocycles. The van der Waals surface area contributed by atoms with Crippen molar-refractivity contribution in [3.8, 4) is 0 Å². The van der Waals surface area contributed by atoms with E-state index in [0.29, 0.717) is 6.42 Å². The fourth-order valence-electron chi connectivity index (χ4n) is 8.58. The van der Waals surface area contributed by atoms with E-state index in [-0.39, 0.29) is 37.2 Å². The maximum atomic E-state index is 14.2. The second-order valence-electron chi connectivity index (χ2n) is 16.6. The van der Waals surface area contributed by atoms with Crippen LogP contribution < -0.4 is 0 Å². The van der Waals surface area contributed by atoms with Gasteiger partial charge in [0, 0.05) is 44.4 Å². The number of Topliss-reactive ketones (excluding diaryl/α,β-unsaturated/α-hetero) is 1. The minimum atomic E-state index is -1.96. The van der Waals surface area contributed by atoms with E-state index in [1.807, 2.05) is 32.8 Å². The zero-order valence-corrected chi connectivity index (χ0v) is 33.9. The predicted octanol–water partition coefficient (Wildman–Crippen LogP) is 2.44. The highest BCUT2D eigenvalue weighted by Gasteiger charge is 2.54. The first kappa shape index (κ1) is 45.1. The van der Waals surface area contributed by atoms with Gasteiger partial charge in [-0.25, -0.2) is 0 Å². The molecule has 4 N–H and O–H groups in total. The molecule has 52 heavy (non-hydrogen) atoms. The van der Waals surface area contributed by atoms with Crippen molar-refractivity contribution in [2.75, 3.05) is 28.3 Å². The van der Waals surface area contributed by atoms with Gasteiger partial charge in [-0.2, -0.15) is 0 Å². The summed E-state index contributed by atoms with van der Waals surface area (Å²) in [7, 11) is 6.77. The van der Waals surface area contributed by atoms with Gasteiger partial charge in [0.15, 0.2) is 12.6 Å². The summed E-state index contributed by atoms with van der Waals surface area (Å²) in [5.74, 6) is -4.47. The number of aliphatic hydroxyl groups is 4. The van der Waals surface area contributed by atoms with Crippen LogP contribution in [0.25, 0.3) is 0 Å². The highest BCUT2D eigenvalue weighted by molar-refractivity contribution is 5.83. The van der Waals surface area contributed by atoms with Crippen molar-refractivity contribution in [2.45, 2.75) is 179 Å². The number of rotatable bonds is 8. The summed E-state index contributed by atoms with van der Waals surface area (Å²) < 4.78 is 43.9. The molecule has 14 heteroatoms. The second-order valence-corrected chi connectivity index (χ2v) is 16.6. The van der Waals surface area contributed by atoms with Gasteiger partial charge in [-0.05, 0) is 74.9 Å². The minimum absolute atomic E-state index is 0.111. The number of nitrogens with zero attached hydrogens (tertiary/aromatic N) is 1. The van der Waals surface area contributed by atoms with Gasteiger partial charge in [-0.1, -0.05) is 27.7 Å². The molecule has 0 aromatic heterocycles. The van der Waals surface area contributed by atoms with E-state index >= 15 is 0 Å². The summed E-state index contributed by atoms with van der Waals surface area (Å²) >= 11 is 0. The monoisotopic (exact) mass is 747 g/mol. The third-order valence-electron chi connectivity index (χ3n) is 12.3. The first-order chi connectivity index (χ1) is 24.0. The molecule has 0 saturated carbocycles. The van der Waals surface area contributed by atoms with Gasteiger partial charge in [-0.3, -0.25) is 9.59 Å². The lowest BCUT2D eigenvalue weighted by molar-refractivity contribution is -0.319. The number of cyclic esters (lactones) is 1. The number of carbonyl (C=O) groups excluding carboxylic acids is 2. The summed E-state index contributed by atoms with van der Waals surface area (Å²) in [6.07, 6.45) is -8.73. The SMILES string of the molecule is CC[C@@H]1OC(=O)[C@H](C)[C@H](OC2CC(C)(OC)C(O)C(C)O2)[C@@H](C)[C@H](OC2OC(C)CC(N(C)C)C2O)[C@@](C)(OC)C[C@H](C)C(=O)[C@H](C)[C@@H](O)[C@@]1(C)O. The number of hydrogen-bond acceptors (Lipinski definition) is 14. The molecule has 3 aliphatic rings. The zero-order chi connectivity index (χ0) is 39.7. The van der Waals surface area contributed by atoms with E-state index in [9.17, 15) is 30.0 Å². The van der Waals surface area contributed by atoms with Gasteiger partial charge >= 0.3 is 5.97 Å². The van der Waals surface area contributed by atoms with Crippen LogP contribution in [0.3, 0.4) is 0 Å². The molecule has 14 nitrogen and oxygen atoms in total. The molecule has 0 aromatic rings. The van der Waals surface area contributed by atoms with Crippen molar-refractivity contribution in [2.24, 2.45) is 23.7 Å². The largest absolute Gasteiger partial charge is 0.459 e. The van der Waals surface area contributed by atoms with Crippen LogP contribution in [0.4, 0.5) is 0 Å². The average molecular weight is 748 g/mol. The second kappa shape index (κ2) is 17.7. The Hall–Kier alpha value is -1.30. The molecule has 3 rings (SSSR count). The van der Waals surface area contributed by atoms with E-state index in [4.69, 9.17) is 33.2 Å². The summed E-state index contributed by atoms with van der Waals surface area (Å²) in [6, 6.07) is -0.283. The standard InChI is InChI=1S/C38H69NO13/c1-15-26-38(10,45)31(42)21(4)28(40)19(2)17-37(9,47-14)33(52-35-29(41)25(39(11)12)16-20(3)48-35)22(5)30(23(6)34(44)50-26)51-27-18-36(8,46-13)32(43)24(7)49-27/h19-27,29-33,35,41-43,45H,15-18H2,1-14H3/t19-,20?,21-,22+,23+,24?,25?,26-,27?,29?,30+,31+,32?,33-,35?,36?,37-,38-/m0/s1. The van der Waals surface area contributed by atoms with E-state index in [1.165, 1.54) is 21.1 Å². The number of aliphatic hydroxyl groups excluding tert-OH is 3. The van der Waals surface area contributed by atoms with E-state index in [2.05, 4.69) is 0 Å². The molecule has 0 bridgehead atoms. The fraction of sp³-hybridized carbons (Fsp3) is 0.947. The lowest BCUT2D eigenvalue weighted by Gasteiger charge is -2.50. The zero-order valence-electron chi connectivity index (χ0n) is 33.9. The Morgan fingerprint density at radius 2 is 1.44 bits per heavy atom. The molecule has 0 radical (unpaired) electrons. The average Bonchev–Trinajstić information content (AvgIpc) is 3.09. The van der Waals surface area contributed by atoms with E-state index < -0.39 is 102 Å².